The lowest BCUT2D eigenvalue weighted by atomic mass is 9.85. The molecule has 168 valence electrons. The molecule has 0 aliphatic heterocycles. The Kier molecular flexibility index (Phi) is 6.61. The number of ether oxygens (including phenoxy) is 2. The van der Waals surface area contributed by atoms with Crippen molar-refractivity contribution in [2.24, 2.45) is 0 Å². The largest absolute Gasteiger partial charge is 0.488 e. The van der Waals surface area contributed by atoms with Gasteiger partial charge in [0.15, 0.2) is 0 Å². The van der Waals surface area contributed by atoms with E-state index in [0.29, 0.717) is 0 Å². The molecule has 0 heterocycles. The molecule has 1 atom stereocenters. The molecule has 2 nitrogen and oxygen atoms in total. The minimum absolute atomic E-state index is 0.133. The van der Waals surface area contributed by atoms with Crippen LogP contribution in [0.3, 0.4) is 0 Å². The molecule has 1 rings (SSSR count). The first-order valence-corrected chi connectivity index (χ1v) is 8.25. The second-order valence-corrected chi connectivity index (χ2v) is 7.71. The molecule has 0 N–H and O–H groups in total. The Morgan fingerprint density at radius 2 is 1.31 bits per heavy atom. The zero-order valence-corrected chi connectivity index (χ0v) is 16.2. The van der Waals surface area contributed by atoms with Crippen LogP contribution in [0, 0.1) is 0 Å². The zero-order valence-electron chi connectivity index (χ0n) is 16.2. The molecule has 0 aliphatic rings. The number of benzene rings is 1. The summed E-state index contributed by atoms with van der Waals surface area (Å²) in [5.74, 6) is -19.3. The molecule has 0 spiro atoms. The first kappa shape index (κ1) is 25.4. The minimum Gasteiger partial charge on any atom is -0.488 e. The van der Waals surface area contributed by atoms with Crippen molar-refractivity contribution in [3.05, 3.63) is 29.8 Å². The fourth-order valence-electron chi connectivity index (χ4n) is 2.48. The Bertz CT molecular complexity index is 708. The first-order chi connectivity index (χ1) is 12.7. The third-order valence-corrected chi connectivity index (χ3v) is 4.09. The van der Waals surface area contributed by atoms with Crippen LogP contribution in [0.2, 0.25) is 0 Å². The maximum absolute atomic E-state index is 14.1. The average molecular weight is 440 g/mol. The summed E-state index contributed by atoms with van der Waals surface area (Å²) in [5.41, 5.74) is -3.22. The van der Waals surface area contributed by atoms with E-state index >= 15 is 0 Å². The highest BCUT2D eigenvalue weighted by Crippen LogP contribution is 2.56. The smallest absolute Gasteiger partial charge is 0.460 e. The molecule has 0 aliphatic carbocycles. The molecule has 29 heavy (non-hydrogen) atoms. The fraction of sp³-hybridized carbons (Fsp3) is 0.667. The van der Waals surface area contributed by atoms with Gasteiger partial charge in [-0.25, -0.2) is 0 Å². The van der Waals surface area contributed by atoms with E-state index in [1.165, 1.54) is 18.2 Å². The molecule has 0 bridgehead atoms. The lowest BCUT2D eigenvalue weighted by molar-refractivity contribution is -0.400. The van der Waals surface area contributed by atoms with Gasteiger partial charge < -0.3 is 9.47 Å². The number of halogens is 9. The van der Waals surface area contributed by atoms with Gasteiger partial charge >= 0.3 is 23.9 Å². The van der Waals surface area contributed by atoms with E-state index in [4.69, 9.17) is 9.47 Å². The Labute approximate surface area is 162 Å². The second-order valence-electron chi connectivity index (χ2n) is 7.71. The molecule has 11 heteroatoms. The van der Waals surface area contributed by atoms with Gasteiger partial charge in [-0.2, -0.15) is 39.5 Å². The van der Waals surface area contributed by atoms with Crippen molar-refractivity contribution in [1.29, 1.82) is 0 Å². The second kappa shape index (κ2) is 7.55. The van der Waals surface area contributed by atoms with Crippen molar-refractivity contribution in [2.45, 2.75) is 69.3 Å². The van der Waals surface area contributed by atoms with Crippen molar-refractivity contribution < 1.29 is 49.0 Å². The molecule has 0 saturated heterocycles. The zero-order chi connectivity index (χ0) is 23.1. The van der Waals surface area contributed by atoms with Gasteiger partial charge in [-0.3, -0.25) is 0 Å². The number of hydrogen-bond acceptors (Lipinski definition) is 2. The quantitative estimate of drug-likeness (QED) is 0.446. The van der Waals surface area contributed by atoms with Crippen molar-refractivity contribution in [3.63, 3.8) is 0 Å². The van der Waals surface area contributed by atoms with E-state index in [1.807, 2.05) is 0 Å². The minimum atomic E-state index is -6.95. The Hall–Kier alpha value is -1.65. The summed E-state index contributed by atoms with van der Waals surface area (Å²) in [4.78, 5) is 0. The maximum Gasteiger partial charge on any atom is 0.460 e. The molecule has 0 radical (unpaired) electrons. The Morgan fingerprint density at radius 3 is 1.72 bits per heavy atom. The van der Waals surface area contributed by atoms with Crippen LogP contribution in [-0.4, -0.2) is 36.7 Å². The van der Waals surface area contributed by atoms with Crippen LogP contribution in [0.5, 0.6) is 5.75 Å². The summed E-state index contributed by atoms with van der Waals surface area (Å²) < 4.78 is 129. The summed E-state index contributed by atoms with van der Waals surface area (Å²) in [6.45, 7) is 5.88. The SMILES string of the molecule is COC(C)(CC(F)(F)C(F)(F)C(F)(F)C(F)(F)F)c1cccc(OC(C)(C)C)c1. The van der Waals surface area contributed by atoms with E-state index in [-0.39, 0.29) is 11.3 Å². The average Bonchev–Trinajstić information content (AvgIpc) is 2.51. The molecule has 1 aromatic rings. The number of hydrogen-bond donors (Lipinski definition) is 0. The van der Waals surface area contributed by atoms with Gasteiger partial charge in [0.1, 0.15) is 11.4 Å². The van der Waals surface area contributed by atoms with Gasteiger partial charge in [-0.05, 0) is 45.4 Å². The van der Waals surface area contributed by atoms with Gasteiger partial charge in [0.25, 0.3) is 0 Å². The molecular formula is C18H21F9O2. The normalized spacial score (nSPS) is 16.5. The number of alkyl halides is 9. The molecular weight excluding hydrogens is 419 g/mol. The third-order valence-electron chi connectivity index (χ3n) is 4.09. The van der Waals surface area contributed by atoms with Gasteiger partial charge in [-0.15, -0.1) is 0 Å². The number of rotatable bonds is 7. The summed E-state index contributed by atoms with van der Waals surface area (Å²) in [6, 6.07) is 5.07. The van der Waals surface area contributed by atoms with Crippen molar-refractivity contribution in [2.75, 3.05) is 7.11 Å². The van der Waals surface area contributed by atoms with E-state index in [2.05, 4.69) is 0 Å². The van der Waals surface area contributed by atoms with Gasteiger partial charge in [0.2, 0.25) is 0 Å². The van der Waals surface area contributed by atoms with E-state index in [9.17, 15) is 39.5 Å². The fourth-order valence-corrected chi connectivity index (χ4v) is 2.48. The molecule has 1 aromatic carbocycles. The standard InChI is InChI=1S/C18H21F9O2/c1-13(2,3)29-12-8-6-7-11(9-12)14(4,28-5)10-15(19,20)16(21,22)17(23,24)18(25,26)27/h6-9H,10H2,1-5H3. The topological polar surface area (TPSA) is 18.5 Å². The molecule has 0 fully saturated rings. The monoisotopic (exact) mass is 440 g/mol. The van der Waals surface area contributed by atoms with Crippen LogP contribution in [0.25, 0.3) is 0 Å². The summed E-state index contributed by atoms with van der Waals surface area (Å²) in [6.07, 6.45) is -9.02. The predicted molar refractivity (Wildman–Crippen MR) is 86.7 cm³/mol. The van der Waals surface area contributed by atoms with Crippen LogP contribution >= 0.6 is 0 Å². The summed E-state index contributed by atoms with van der Waals surface area (Å²) in [7, 11) is 0.841. The highest BCUT2D eigenvalue weighted by molar-refractivity contribution is 5.33. The lowest BCUT2D eigenvalue weighted by Gasteiger charge is -2.38. The van der Waals surface area contributed by atoms with Crippen molar-refractivity contribution in [1.82, 2.24) is 0 Å². The van der Waals surface area contributed by atoms with Gasteiger partial charge in [0, 0.05) is 7.11 Å². The van der Waals surface area contributed by atoms with Crippen LogP contribution in [0.1, 0.15) is 39.7 Å². The van der Waals surface area contributed by atoms with Crippen molar-refractivity contribution >= 4 is 0 Å². The maximum atomic E-state index is 14.1. The van der Waals surface area contributed by atoms with Crippen LogP contribution < -0.4 is 4.74 Å². The first-order valence-electron chi connectivity index (χ1n) is 8.25. The lowest BCUT2D eigenvalue weighted by Crippen LogP contribution is -2.62. The highest BCUT2D eigenvalue weighted by Gasteiger charge is 2.82. The molecule has 0 saturated carbocycles. The molecule has 1 unspecified atom stereocenters. The van der Waals surface area contributed by atoms with E-state index in [1.54, 1.807) is 20.8 Å². The third kappa shape index (κ3) is 5.10. The molecule has 0 amide bonds. The van der Waals surface area contributed by atoms with Crippen LogP contribution in [-0.2, 0) is 10.3 Å². The van der Waals surface area contributed by atoms with Crippen molar-refractivity contribution in [3.8, 4) is 5.75 Å². The highest BCUT2D eigenvalue weighted by atomic mass is 19.4. The van der Waals surface area contributed by atoms with Crippen LogP contribution in [0.4, 0.5) is 39.5 Å². The number of methoxy groups -OCH3 is 1. The van der Waals surface area contributed by atoms with E-state index < -0.39 is 41.6 Å². The van der Waals surface area contributed by atoms with Crippen LogP contribution in [0.15, 0.2) is 24.3 Å². The molecule has 0 aromatic heterocycles. The summed E-state index contributed by atoms with van der Waals surface area (Å²) in [5, 5.41) is 0. The van der Waals surface area contributed by atoms with Gasteiger partial charge in [0.05, 0.1) is 12.0 Å². The Morgan fingerprint density at radius 1 is 0.793 bits per heavy atom. The predicted octanol–water partition coefficient (Wildman–Crippen LogP) is 6.58. The Balaban J connectivity index is 3.35. The van der Waals surface area contributed by atoms with Gasteiger partial charge in [-0.1, -0.05) is 12.1 Å². The van der Waals surface area contributed by atoms with E-state index in [0.717, 1.165) is 20.1 Å². The summed E-state index contributed by atoms with van der Waals surface area (Å²) >= 11 is 0.